The lowest BCUT2D eigenvalue weighted by molar-refractivity contribution is -0.106. The van der Waals surface area contributed by atoms with Gasteiger partial charge in [0.05, 0.1) is 17.6 Å². The second kappa shape index (κ2) is 6.56. The number of rotatable bonds is 3. The molecule has 0 radical (unpaired) electrons. The van der Waals surface area contributed by atoms with Crippen molar-refractivity contribution in [1.29, 1.82) is 0 Å². The number of hydrogen-bond donors (Lipinski definition) is 1. The normalized spacial score (nSPS) is 10.6. The highest BCUT2D eigenvalue weighted by Crippen LogP contribution is 2.22. The summed E-state index contributed by atoms with van der Waals surface area (Å²) in [5.41, 5.74) is 2.47. The SMILES string of the molecule is Cc1nn(C)c2ncc(N(C=O)C(=O)Nc3ccc(I)cc3)cc12. The van der Waals surface area contributed by atoms with Gasteiger partial charge in [0.15, 0.2) is 5.65 Å². The number of carbonyl (C=O) groups excluding carboxylic acids is 2. The zero-order valence-electron chi connectivity index (χ0n) is 13.0. The van der Waals surface area contributed by atoms with Crippen LogP contribution in [0.3, 0.4) is 0 Å². The molecule has 3 rings (SSSR count). The molecule has 3 amide bonds. The van der Waals surface area contributed by atoms with Crippen LogP contribution in [0.4, 0.5) is 16.2 Å². The van der Waals surface area contributed by atoms with Crippen molar-refractivity contribution >= 4 is 57.4 Å². The topological polar surface area (TPSA) is 80.1 Å². The lowest BCUT2D eigenvalue weighted by Gasteiger charge is -2.16. The Morgan fingerprint density at radius 1 is 1.33 bits per heavy atom. The first-order valence-electron chi connectivity index (χ1n) is 7.10. The Balaban J connectivity index is 1.90. The van der Waals surface area contributed by atoms with Crippen LogP contribution in [0, 0.1) is 10.5 Å². The van der Waals surface area contributed by atoms with E-state index in [4.69, 9.17) is 0 Å². The second-order valence-corrected chi connectivity index (χ2v) is 6.43. The number of benzene rings is 1. The van der Waals surface area contributed by atoms with Gasteiger partial charge in [0.25, 0.3) is 0 Å². The molecule has 8 heteroatoms. The van der Waals surface area contributed by atoms with Crippen molar-refractivity contribution < 1.29 is 9.59 Å². The summed E-state index contributed by atoms with van der Waals surface area (Å²) >= 11 is 2.18. The molecule has 1 N–H and O–H groups in total. The van der Waals surface area contributed by atoms with Crippen LogP contribution in [0.2, 0.25) is 0 Å². The van der Waals surface area contributed by atoms with Crippen LogP contribution < -0.4 is 10.2 Å². The van der Waals surface area contributed by atoms with Crippen molar-refractivity contribution in [2.24, 2.45) is 7.05 Å². The van der Waals surface area contributed by atoms with Crippen molar-refractivity contribution in [3.63, 3.8) is 0 Å². The molecule has 0 saturated heterocycles. The Labute approximate surface area is 151 Å². The molecule has 2 aromatic heterocycles. The minimum atomic E-state index is -0.547. The number of hydrogen-bond acceptors (Lipinski definition) is 4. The molecule has 0 aliphatic rings. The van der Waals surface area contributed by atoms with Crippen molar-refractivity contribution in [2.75, 3.05) is 10.2 Å². The molecular formula is C16H14IN5O2. The van der Waals surface area contributed by atoms with Gasteiger partial charge in [-0.15, -0.1) is 0 Å². The first-order valence-corrected chi connectivity index (χ1v) is 8.18. The van der Waals surface area contributed by atoms with Crippen LogP contribution in [-0.2, 0) is 11.8 Å². The summed E-state index contributed by atoms with van der Waals surface area (Å²) in [7, 11) is 1.79. The van der Waals surface area contributed by atoms with E-state index in [2.05, 4.69) is 38.0 Å². The Bertz CT molecular complexity index is 920. The van der Waals surface area contributed by atoms with E-state index in [9.17, 15) is 9.59 Å². The highest BCUT2D eigenvalue weighted by Gasteiger charge is 2.17. The Hall–Kier alpha value is -2.49. The van der Waals surface area contributed by atoms with E-state index in [1.165, 1.54) is 6.20 Å². The van der Waals surface area contributed by atoms with Gasteiger partial charge in [-0.2, -0.15) is 5.10 Å². The first kappa shape index (κ1) is 16.4. The van der Waals surface area contributed by atoms with Gasteiger partial charge in [-0.25, -0.2) is 14.7 Å². The van der Waals surface area contributed by atoms with Crippen LogP contribution in [0.25, 0.3) is 11.0 Å². The van der Waals surface area contributed by atoms with Gasteiger partial charge < -0.3 is 5.32 Å². The maximum Gasteiger partial charge on any atom is 0.333 e. The predicted molar refractivity (Wildman–Crippen MR) is 100.0 cm³/mol. The summed E-state index contributed by atoms with van der Waals surface area (Å²) in [6.07, 6.45) is 1.95. The number of urea groups is 1. The summed E-state index contributed by atoms with van der Waals surface area (Å²) in [6, 6.07) is 8.47. The lowest BCUT2D eigenvalue weighted by Crippen LogP contribution is -2.33. The van der Waals surface area contributed by atoms with Crippen LogP contribution in [0.1, 0.15) is 5.69 Å². The van der Waals surface area contributed by atoms with Gasteiger partial charge in [0.1, 0.15) is 0 Å². The Morgan fingerprint density at radius 2 is 2.04 bits per heavy atom. The molecule has 7 nitrogen and oxygen atoms in total. The fraction of sp³-hybridized carbons (Fsp3) is 0.125. The summed E-state index contributed by atoms with van der Waals surface area (Å²) < 4.78 is 2.71. The molecule has 0 spiro atoms. The van der Waals surface area contributed by atoms with E-state index in [-0.39, 0.29) is 0 Å². The Kier molecular flexibility index (Phi) is 4.47. The van der Waals surface area contributed by atoms with Crippen LogP contribution in [0.5, 0.6) is 0 Å². The van der Waals surface area contributed by atoms with Crippen molar-refractivity contribution in [1.82, 2.24) is 14.8 Å². The molecule has 122 valence electrons. The number of aromatic nitrogens is 3. The van der Waals surface area contributed by atoms with E-state index in [0.29, 0.717) is 23.4 Å². The molecule has 24 heavy (non-hydrogen) atoms. The van der Waals surface area contributed by atoms with E-state index in [0.717, 1.165) is 19.6 Å². The van der Waals surface area contributed by atoms with Crippen molar-refractivity contribution in [3.05, 3.63) is 45.8 Å². The smallest absolute Gasteiger partial charge is 0.307 e. The molecule has 1 aromatic carbocycles. The quantitative estimate of drug-likeness (QED) is 0.507. The molecule has 0 saturated carbocycles. The standard InChI is InChI=1S/C16H14IN5O2/c1-10-14-7-13(8-18-15(14)21(2)20-10)22(9-23)16(24)19-12-5-3-11(17)4-6-12/h3-9H,1-2H3,(H,19,24). The number of halogens is 1. The lowest BCUT2D eigenvalue weighted by atomic mass is 10.2. The third-order valence-electron chi connectivity index (χ3n) is 3.55. The van der Waals surface area contributed by atoms with E-state index >= 15 is 0 Å². The molecule has 0 aliphatic carbocycles. The number of anilines is 2. The number of aryl methyl sites for hydroxylation is 2. The van der Waals surface area contributed by atoms with E-state index < -0.39 is 6.03 Å². The largest absolute Gasteiger partial charge is 0.333 e. The summed E-state index contributed by atoms with van der Waals surface area (Å²) in [6.45, 7) is 1.85. The number of carbonyl (C=O) groups is 2. The van der Waals surface area contributed by atoms with Gasteiger partial charge in [-0.05, 0) is 59.8 Å². The third kappa shape index (κ3) is 3.09. The summed E-state index contributed by atoms with van der Waals surface area (Å²) in [4.78, 5) is 29.1. The molecule has 3 aromatic rings. The second-order valence-electron chi connectivity index (χ2n) is 5.19. The van der Waals surface area contributed by atoms with Gasteiger partial charge in [0, 0.05) is 21.7 Å². The van der Waals surface area contributed by atoms with Gasteiger partial charge in [-0.3, -0.25) is 9.48 Å². The van der Waals surface area contributed by atoms with Crippen molar-refractivity contribution in [2.45, 2.75) is 6.92 Å². The summed E-state index contributed by atoms with van der Waals surface area (Å²) in [5.74, 6) is 0. The monoisotopic (exact) mass is 435 g/mol. The molecule has 0 atom stereocenters. The van der Waals surface area contributed by atoms with Crippen LogP contribution in [0.15, 0.2) is 36.5 Å². The minimum absolute atomic E-state index is 0.386. The van der Waals surface area contributed by atoms with E-state index in [1.54, 1.807) is 29.9 Å². The minimum Gasteiger partial charge on any atom is -0.307 e. The average Bonchev–Trinajstić information content (AvgIpc) is 2.85. The zero-order valence-corrected chi connectivity index (χ0v) is 15.2. The maximum absolute atomic E-state index is 12.4. The number of fused-ring (bicyclic) bond motifs is 1. The maximum atomic E-state index is 12.4. The molecular weight excluding hydrogens is 421 g/mol. The van der Waals surface area contributed by atoms with Crippen LogP contribution >= 0.6 is 22.6 Å². The fourth-order valence-electron chi connectivity index (χ4n) is 2.37. The molecule has 2 heterocycles. The van der Waals surface area contributed by atoms with Gasteiger partial charge >= 0.3 is 6.03 Å². The van der Waals surface area contributed by atoms with Crippen molar-refractivity contribution in [3.8, 4) is 0 Å². The Morgan fingerprint density at radius 3 is 2.71 bits per heavy atom. The van der Waals surface area contributed by atoms with E-state index in [1.807, 2.05) is 19.1 Å². The zero-order chi connectivity index (χ0) is 17.3. The molecule has 0 bridgehead atoms. The molecule has 0 fully saturated rings. The van der Waals surface area contributed by atoms with Crippen LogP contribution in [-0.4, -0.2) is 27.2 Å². The summed E-state index contributed by atoms with van der Waals surface area (Å²) in [5, 5.41) is 7.77. The number of imide groups is 1. The highest BCUT2D eigenvalue weighted by atomic mass is 127. The molecule has 0 unspecified atom stereocenters. The number of nitrogens with one attached hydrogen (secondary N) is 1. The fourth-order valence-corrected chi connectivity index (χ4v) is 2.73. The van der Waals surface area contributed by atoms with Gasteiger partial charge in [-0.1, -0.05) is 0 Å². The molecule has 0 aliphatic heterocycles. The predicted octanol–water partition coefficient (Wildman–Crippen LogP) is 3.08. The number of amides is 3. The number of pyridine rings is 1. The highest BCUT2D eigenvalue weighted by molar-refractivity contribution is 14.1. The van der Waals surface area contributed by atoms with Gasteiger partial charge in [0.2, 0.25) is 6.41 Å². The first-order chi connectivity index (χ1) is 11.5. The average molecular weight is 435 g/mol. The number of nitrogens with zero attached hydrogens (tertiary/aromatic N) is 4. The third-order valence-corrected chi connectivity index (χ3v) is 4.27.